The van der Waals surface area contributed by atoms with Crippen LogP contribution in [0.25, 0.3) is 0 Å². The highest BCUT2D eigenvalue weighted by atomic mass is 19.4. The number of amides is 1. The molecule has 1 unspecified atom stereocenters. The van der Waals surface area contributed by atoms with E-state index in [-0.39, 0.29) is 11.9 Å². The Kier molecular flexibility index (Phi) is 5.87. The molecule has 0 aliphatic carbocycles. The quantitative estimate of drug-likeness (QED) is 0.809. The van der Waals surface area contributed by atoms with E-state index in [9.17, 15) is 18.0 Å². The van der Waals surface area contributed by atoms with E-state index in [0.29, 0.717) is 25.6 Å². The highest BCUT2D eigenvalue weighted by Crippen LogP contribution is 2.23. The number of nitrogens with zero attached hydrogens (tertiary/aromatic N) is 1. The molecule has 0 aromatic heterocycles. The predicted octanol–water partition coefficient (Wildman–Crippen LogP) is 1.52. The minimum Gasteiger partial charge on any atom is -0.355 e. The summed E-state index contributed by atoms with van der Waals surface area (Å²) in [7, 11) is 0. The Hall–Kier alpha value is -0.820. The van der Waals surface area contributed by atoms with Gasteiger partial charge in [0.05, 0.1) is 12.6 Å². The number of piperidine rings is 1. The van der Waals surface area contributed by atoms with Gasteiger partial charge in [-0.05, 0) is 57.7 Å². The van der Waals surface area contributed by atoms with Gasteiger partial charge in [-0.15, -0.1) is 0 Å². The number of rotatable bonds is 5. The molecule has 2 rings (SSSR count). The van der Waals surface area contributed by atoms with Crippen LogP contribution < -0.4 is 10.6 Å². The molecule has 1 amide bonds. The van der Waals surface area contributed by atoms with E-state index >= 15 is 0 Å². The van der Waals surface area contributed by atoms with Gasteiger partial charge in [-0.25, -0.2) is 0 Å². The number of nitrogens with one attached hydrogen (secondary N) is 2. The van der Waals surface area contributed by atoms with Crippen molar-refractivity contribution in [2.45, 2.75) is 44.3 Å². The van der Waals surface area contributed by atoms with Crippen molar-refractivity contribution in [3.8, 4) is 0 Å². The molecule has 21 heavy (non-hydrogen) atoms. The van der Waals surface area contributed by atoms with E-state index in [4.69, 9.17) is 0 Å². The Morgan fingerprint density at radius 1 is 1.24 bits per heavy atom. The Balaban J connectivity index is 1.57. The average molecular weight is 307 g/mol. The molecule has 2 aliphatic rings. The number of hydrogen-bond acceptors (Lipinski definition) is 3. The first kappa shape index (κ1) is 16.5. The summed E-state index contributed by atoms with van der Waals surface area (Å²) in [4.78, 5) is 13.3. The zero-order chi connectivity index (χ0) is 15.3. The third-order valence-electron chi connectivity index (χ3n) is 4.34. The highest BCUT2D eigenvalue weighted by Gasteiger charge is 2.32. The van der Waals surface area contributed by atoms with Gasteiger partial charge in [-0.2, -0.15) is 13.2 Å². The fraction of sp³-hybridized carbons (Fsp3) is 0.929. The van der Waals surface area contributed by atoms with Gasteiger partial charge in [-0.3, -0.25) is 9.69 Å². The second-order valence-electron chi connectivity index (χ2n) is 6.06. The zero-order valence-electron chi connectivity index (χ0n) is 12.2. The van der Waals surface area contributed by atoms with Crippen LogP contribution in [0.3, 0.4) is 0 Å². The molecule has 4 nitrogen and oxygen atoms in total. The van der Waals surface area contributed by atoms with Gasteiger partial charge in [0.15, 0.2) is 0 Å². The van der Waals surface area contributed by atoms with Crippen molar-refractivity contribution in [3.05, 3.63) is 0 Å². The smallest absolute Gasteiger partial charge is 0.355 e. The van der Waals surface area contributed by atoms with Crippen LogP contribution in [0.1, 0.15) is 32.1 Å². The first-order chi connectivity index (χ1) is 9.94. The van der Waals surface area contributed by atoms with Crippen molar-refractivity contribution in [2.75, 3.05) is 32.7 Å². The maximum absolute atomic E-state index is 12.3. The molecule has 2 N–H and O–H groups in total. The van der Waals surface area contributed by atoms with Crippen molar-refractivity contribution in [1.82, 2.24) is 15.5 Å². The van der Waals surface area contributed by atoms with Crippen molar-refractivity contribution < 1.29 is 18.0 Å². The first-order valence-electron chi connectivity index (χ1n) is 7.74. The van der Waals surface area contributed by atoms with Crippen LogP contribution in [0, 0.1) is 5.92 Å². The van der Waals surface area contributed by atoms with Gasteiger partial charge in [0.1, 0.15) is 0 Å². The maximum atomic E-state index is 12.3. The maximum Gasteiger partial charge on any atom is 0.401 e. The summed E-state index contributed by atoms with van der Waals surface area (Å²) >= 11 is 0. The van der Waals surface area contributed by atoms with E-state index in [1.165, 1.54) is 4.90 Å². The molecule has 0 aromatic rings. The predicted molar refractivity (Wildman–Crippen MR) is 73.9 cm³/mol. The molecular weight excluding hydrogens is 283 g/mol. The average Bonchev–Trinajstić information content (AvgIpc) is 2.93. The van der Waals surface area contributed by atoms with Crippen LogP contribution in [0.2, 0.25) is 0 Å². The lowest BCUT2D eigenvalue weighted by Gasteiger charge is -2.32. The van der Waals surface area contributed by atoms with Crippen LogP contribution >= 0.6 is 0 Å². The Morgan fingerprint density at radius 2 is 1.95 bits per heavy atom. The third kappa shape index (κ3) is 5.82. The topological polar surface area (TPSA) is 44.4 Å². The van der Waals surface area contributed by atoms with E-state index in [0.717, 1.165) is 38.6 Å². The molecule has 7 heteroatoms. The van der Waals surface area contributed by atoms with E-state index in [2.05, 4.69) is 10.6 Å². The van der Waals surface area contributed by atoms with Crippen LogP contribution in [0.15, 0.2) is 0 Å². The normalized spacial score (nSPS) is 25.2. The first-order valence-corrected chi connectivity index (χ1v) is 7.74. The van der Waals surface area contributed by atoms with Crippen molar-refractivity contribution in [2.24, 2.45) is 5.92 Å². The fourth-order valence-electron chi connectivity index (χ4n) is 3.12. The van der Waals surface area contributed by atoms with Gasteiger partial charge in [-0.1, -0.05) is 0 Å². The highest BCUT2D eigenvalue weighted by molar-refractivity contribution is 5.81. The largest absolute Gasteiger partial charge is 0.401 e. The molecule has 122 valence electrons. The van der Waals surface area contributed by atoms with Gasteiger partial charge in [0, 0.05) is 6.54 Å². The SMILES string of the molecule is O=C(NCCC1CCN(CC(F)(F)F)CC1)C1CCCN1. The second-order valence-corrected chi connectivity index (χ2v) is 6.06. The van der Waals surface area contributed by atoms with Crippen molar-refractivity contribution in [3.63, 3.8) is 0 Å². The number of hydrogen-bond donors (Lipinski definition) is 2. The van der Waals surface area contributed by atoms with Crippen LogP contribution in [-0.4, -0.2) is 55.7 Å². The van der Waals surface area contributed by atoms with E-state index in [1.807, 2.05) is 0 Å². The van der Waals surface area contributed by atoms with Gasteiger partial charge in [0.25, 0.3) is 0 Å². The summed E-state index contributed by atoms with van der Waals surface area (Å²) in [5, 5.41) is 6.07. The lowest BCUT2D eigenvalue weighted by atomic mass is 9.93. The van der Waals surface area contributed by atoms with Crippen molar-refractivity contribution >= 4 is 5.91 Å². The molecule has 2 fully saturated rings. The molecule has 0 spiro atoms. The summed E-state index contributed by atoms with van der Waals surface area (Å²) in [6.07, 6.45) is 0.256. The van der Waals surface area contributed by atoms with Gasteiger partial charge >= 0.3 is 6.18 Å². The molecule has 1 atom stereocenters. The standard InChI is InChI=1S/C14H24F3N3O/c15-14(16,17)10-20-8-4-11(5-9-20)3-7-19-13(21)12-2-1-6-18-12/h11-12,18H,1-10H2,(H,19,21). The minimum atomic E-state index is -4.10. The van der Waals surface area contributed by atoms with Crippen LogP contribution in [0.4, 0.5) is 13.2 Å². The third-order valence-corrected chi connectivity index (χ3v) is 4.34. The number of halogens is 3. The lowest BCUT2D eigenvalue weighted by molar-refractivity contribution is -0.148. The Morgan fingerprint density at radius 3 is 2.52 bits per heavy atom. The monoisotopic (exact) mass is 307 g/mol. The van der Waals surface area contributed by atoms with Crippen molar-refractivity contribution in [1.29, 1.82) is 0 Å². The molecule has 0 saturated carbocycles. The Bertz CT molecular complexity index is 335. The molecule has 0 aromatic carbocycles. The summed E-state index contributed by atoms with van der Waals surface area (Å²) in [6, 6.07) is -0.0568. The number of alkyl halides is 3. The summed E-state index contributed by atoms with van der Waals surface area (Å²) < 4.78 is 36.8. The number of carbonyl (C=O) groups is 1. The van der Waals surface area contributed by atoms with E-state index < -0.39 is 12.7 Å². The van der Waals surface area contributed by atoms with Crippen LogP contribution in [0.5, 0.6) is 0 Å². The molecule has 2 aliphatic heterocycles. The minimum absolute atomic E-state index is 0.0568. The second kappa shape index (κ2) is 7.45. The zero-order valence-corrected chi connectivity index (χ0v) is 12.2. The van der Waals surface area contributed by atoms with Gasteiger partial charge in [0.2, 0.25) is 5.91 Å². The molecule has 0 bridgehead atoms. The number of likely N-dealkylation sites (tertiary alicyclic amines) is 1. The number of carbonyl (C=O) groups excluding carboxylic acids is 1. The summed E-state index contributed by atoms with van der Waals surface area (Å²) in [6.45, 7) is 1.73. The molecule has 2 heterocycles. The summed E-state index contributed by atoms with van der Waals surface area (Å²) in [5.74, 6) is 0.480. The fourth-order valence-corrected chi connectivity index (χ4v) is 3.12. The van der Waals surface area contributed by atoms with E-state index in [1.54, 1.807) is 0 Å². The molecular formula is C14H24F3N3O. The summed E-state index contributed by atoms with van der Waals surface area (Å²) in [5.41, 5.74) is 0. The molecule has 0 radical (unpaired) electrons. The van der Waals surface area contributed by atoms with Gasteiger partial charge < -0.3 is 10.6 Å². The lowest BCUT2D eigenvalue weighted by Crippen LogP contribution is -2.42. The molecule has 2 saturated heterocycles. The van der Waals surface area contributed by atoms with Crippen LogP contribution in [-0.2, 0) is 4.79 Å². The Labute approximate surface area is 123 Å².